The Balaban J connectivity index is 1.45. The summed E-state index contributed by atoms with van der Waals surface area (Å²) in [5.41, 5.74) is 3.01. The first-order valence-electron chi connectivity index (χ1n) is 10.4. The number of para-hydroxylation sites is 1. The van der Waals surface area contributed by atoms with E-state index in [0.29, 0.717) is 17.7 Å². The van der Waals surface area contributed by atoms with Crippen molar-refractivity contribution >= 4 is 27.3 Å². The maximum atomic E-state index is 12.9. The molecule has 0 aliphatic carbocycles. The monoisotopic (exact) mass is 426 g/mol. The van der Waals surface area contributed by atoms with Gasteiger partial charge in [0.1, 0.15) is 5.25 Å². The van der Waals surface area contributed by atoms with E-state index >= 15 is 0 Å². The number of nitrogens with zero attached hydrogens (tertiary/aromatic N) is 2. The van der Waals surface area contributed by atoms with Gasteiger partial charge in [-0.2, -0.15) is 0 Å². The Morgan fingerprint density at radius 2 is 1.63 bits per heavy atom. The lowest BCUT2D eigenvalue weighted by atomic mass is 10.1. The molecule has 1 saturated heterocycles. The summed E-state index contributed by atoms with van der Waals surface area (Å²) in [5, 5.41) is -1.13. The number of carbonyl (C=O) groups is 2. The van der Waals surface area contributed by atoms with Crippen LogP contribution in [0.15, 0.2) is 48.5 Å². The third-order valence-corrected chi connectivity index (χ3v) is 8.02. The van der Waals surface area contributed by atoms with Gasteiger partial charge in [0, 0.05) is 30.9 Å². The lowest BCUT2D eigenvalue weighted by Crippen LogP contribution is -2.41. The fourth-order valence-corrected chi connectivity index (χ4v) is 5.49. The molecule has 0 spiro atoms. The number of benzene rings is 2. The van der Waals surface area contributed by atoms with Gasteiger partial charge in [0.2, 0.25) is 5.91 Å². The molecule has 2 aliphatic rings. The van der Waals surface area contributed by atoms with Crippen molar-refractivity contribution in [2.75, 3.05) is 24.5 Å². The molecule has 158 valence electrons. The molecule has 0 saturated carbocycles. The van der Waals surface area contributed by atoms with Crippen LogP contribution < -0.4 is 4.90 Å². The summed E-state index contributed by atoms with van der Waals surface area (Å²) in [6.45, 7) is 3.51. The maximum absolute atomic E-state index is 12.9. The van der Waals surface area contributed by atoms with Crippen molar-refractivity contribution < 1.29 is 18.0 Å². The lowest BCUT2D eigenvalue weighted by Gasteiger charge is -2.22. The van der Waals surface area contributed by atoms with E-state index in [1.165, 1.54) is 6.92 Å². The predicted molar refractivity (Wildman–Crippen MR) is 116 cm³/mol. The zero-order chi connectivity index (χ0) is 21.3. The van der Waals surface area contributed by atoms with Crippen LogP contribution in [0.1, 0.15) is 41.3 Å². The van der Waals surface area contributed by atoms with Crippen LogP contribution in [0.3, 0.4) is 0 Å². The summed E-state index contributed by atoms with van der Waals surface area (Å²) < 4.78 is 25.8. The normalized spacial score (nSPS) is 17.1. The minimum atomic E-state index is -3.69. The smallest absolute Gasteiger partial charge is 0.253 e. The zero-order valence-corrected chi connectivity index (χ0v) is 17.9. The van der Waals surface area contributed by atoms with Crippen LogP contribution in [0.5, 0.6) is 0 Å². The van der Waals surface area contributed by atoms with Gasteiger partial charge in [-0.15, -0.1) is 0 Å². The molecule has 30 heavy (non-hydrogen) atoms. The van der Waals surface area contributed by atoms with Crippen LogP contribution in [-0.2, 0) is 26.8 Å². The molecule has 2 aromatic rings. The van der Waals surface area contributed by atoms with Crippen molar-refractivity contribution in [1.29, 1.82) is 0 Å². The van der Waals surface area contributed by atoms with E-state index in [1.807, 2.05) is 29.2 Å². The average molecular weight is 427 g/mol. The quantitative estimate of drug-likeness (QED) is 0.737. The Kier molecular flexibility index (Phi) is 5.64. The highest BCUT2D eigenvalue weighted by Gasteiger charge is 2.35. The van der Waals surface area contributed by atoms with Crippen LogP contribution in [0, 0.1) is 0 Å². The molecule has 0 aromatic heterocycles. The molecule has 2 aromatic carbocycles. The third-order valence-electron chi connectivity index (χ3n) is 6.00. The van der Waals surface area contributed by atoms with Crippen LogP contribution >= 0.6 is 0 Å². The van der Waals surface area contributed by atoms with Gasteiger partial charge in [-0.05, 0) is 55.5 Å². The molecule has 6 nitrogen and oxygen atoms in total. The van der Waals surface area contributed by atoms with Gasteiger partial charge in [-0.25, -0.2) is 8.42 Å². The summed E-state index contributed by atoms with van der Waals surface area (Å²) in [6.07, 6.45) is 2.78. The molecule has 2 aliphatic heterocycles. The van der Waals surface area contributed by atoms with Gasteiger partial charge in [0.15, 0.2) is 9.84 Å². The molecule has 1 atom stereocenters. The van der Waals surface area contributed by atoms with E-state index in [0.717, 1.165) is 43.6 Å². The summed E-state index contributed by atoms with van der Waals surface area (Å²) in [5.74, 6) is -0.632. The number of anilines is 1. The van der Waals surface area contributed by atoms with E-state index in [1.54, 1.807) is 29.2 Å². The second-order valence-electron chi connectivity index (χ2n) is 8.01. The van der Waals surface area contributed by atoms with Crippen molar-refractivity contribution in [1.82, 2.24) is 4.90 Å². The second-order valence-corrected chi connectivity index (χ2v) is 10.3. The van der Waals surface area contributed by atoms with Crippen LogP contribution in [0.25, 0.3) is 0 Å². The summed E-state index contributed by atoms with van der Waals surface area (Å²) in [4.78, 5) is 28.8. The van der Waals surface area contributed by atoms with Crippen LogP contribution in [0.4, 0.5) is 5.69 Å². The number of hydrogen-bond acceptors (Lipinski definition) is 4. The predicted octanol–water partition coefficient (Wildman–Crippen LogP) is 2.82. The molecule has 0 unspecified atom stereocenters. The fraction of sp³-hybridized carbons (Fsp3) is 0.391. The fourth-order valence-electron chi connectivity index (χ4n) is 4.14. The van der Waals surface area contributed by atoms with Gasteiger partial charge in [-0.1, -0.05) is 30.3 Å². The minimum Gasteiger partial charge on any atom is -0.339 e. The largest absolute Gasteiger partial charge is 0.339 e. The number of fused-ring (bicyclic) bond motifs is 1. The standard InChI is InChI=1S/C23H26N2O4S/c1-17(22(26)25-15-12-19-6-2-3-7-21(19)25)30(28,29)16-18-8-10-20(11-9-18)23(27)24-13-4-5-14-24/h2-3,6-11,17H,4-5,12-16H2,1H3/t17-/m1/s1. The Morgan fingerprint density at radius 3 is 2.33 bits per heavy atom. The SMILES string of the molecule is C[C@H](C(=O)N1CCc2ccccc21)S(=O)(=O)Cc1ccc(C(=O)N2CCCC2)cc1. The second kappa shape index (κ2) is 8.22. The van der Waals surface area contributed by atoms with Gasteiger partial charge in [0.05, 0.1) is 5.75 Å². The number of rotatable bonds is 5. The molecule has 2 amide bonds. The van der Waals surface area contributed by atoms with Crippen LogP contribution in [-0.4, -0.2) is 50.0 Å². The molecule has 0 N–H and O–H groups in total. The van der Waals surface area contributed by atoms with E-state index in [9.17, 15) is 18.0 Å². The minimum absolute atomic E-state index is 0.0156. The maximum Gasteiger partial charge on any atom is 0.253 e. The molecule has 7 heteroatoms. The van der Waals surface area contributed by atoms with E-state index in [2.05, 4.69) is 0 Å². The molecular formula is C23H26N2O4S. The Labute approximate surface area is 177 Å². The number of likely N-dealkylation sites (tertiary alicyclic amines) is 1. The van der Waals surface area contributed by atoms with Crippen molar-refractivity contribution in [2.24, 2.45) is 0 Å². The molecule has 0 radical (unpaired) electrons. The molecule has 1 fully saturated rings. The number of carbonyl (C=O) groups excluding carboxylic acids is 2. The van der Waals surface area contributed by atoms with Gasteiger partial charge >= 0.3 is 0 Å². The number of sulfone groups is 1. The number of amides is 2. The summed E-state index contributed by atoms with van der Waals surface area (Å²) in [7, 11) is -3.69. The van der Waals surface area contributed by atoms with Crippen molar-refractivity contribution in [3.8, 4) is 0 Å². The van der Waals surface area contributed by atoms with E-state index in [-0.39, 0.29) is 17.6 Å². The highest BCUT2D eigenvalue weighted by molar-refractivity contribution is 7.92. The lowest BCUT2D eigenvalue weighted by molar-refractivity contribution is -0.117. The van der Waals surface area contributed by atoms with Crippen molar-refractivity contribution in [2.45, 2.75) is 37.2 Å². The zero-order valence-electron chi connectivity index (χ0n) is 17.1. The first-order chi connectivity index (χ1) is 14.4. The average Bonchev–Trinajstić information content (AvgIpc) is 3.42. The topological polar surface area (TPSA) is 74.8 Å². The summed E-state index contributed by atoms with van der Waals surface area (Å²) in [6, 6.07) is 14.3. The van der Waals surface area contributed by atoms with E-state index in [4.69, 9.17) is 0 Å². The molecular weight excluding hydrogens is 400 g/mol. The third kappa shape index (κ3) is 3.99. The van der Waals surface area contributed by atoms with E-state index < -0.39 is 15.1 Å². The van der Waals surface area contributed by atoms with Crippen LogP contribution in [0.2, 0.25) is 0 Å². The van der Waals surface area contributed by atoms with Gasteiger partial charge in [-0.3, -0.25) is 9.59 Å². The Hall–Kier alpha value is -2.67. The highest BCUT2D eigenvalue weighted by atomic mass is 32.2. The molecule has 2 heterocycles. The molecule has 0 bridgehead atoms. The Morgan fingerprint density at radius 1 is 0.967 bits per heavy atom. The Bertz CT molecular complexity index is 1060. The summed E-state index contributed by atoms with van der Waals surface area (Å²) >= 11 is 0. The first kappa shape index (κ1) is 20.6. The van der Waals surface area contributed by atoms with Crippen molar-refractivity contribution in [3.05, 3.63) is 65.2 Å². The first-order valence-corrected chi connectivity index (χ1v) is 12.1. The highest BCUT2D eigenvalue weighted by Crippen LogP contribution is 2.29. The van der Waals surface area contributed by atoms with Gasteiger partial charge < -0.3 is 9.80 Å². The molecule has 4 rings (SSSR count). The van der Waals surface area contributed by atoms with Crippen molar-refractivity contribution in [3.63, 3.8) is 0 Å². The van der Waals surface area contributed by atoms with Gasteiger partial charge in [0.25, 0.3) is 5.91 Å². The number of hydrogen-bond donors (Lipinski definition) is 0.